The van der Waals surface area contributed by atoms with E-state index in [0.717, 1.165) is 15.8 Å². The van der Waals surface area contributed by atoms with Crippen molar-refractivity contribution >= 4 is 33.4 Å². The van der Waals surface area contributed by atoms with Gasteiger partial charge >= 0.3 is 0 Å². The van der Waals surface area contributed by atoms with E-state index in [-0.39, 0.29) is 18.3 Å². The highest BCUT2D eigenvalue weighted by atomic mass is 32.1. The maximum atomic E-state index is 13.5. The van der Waals surface area contributed by atoms with E-state index in [0.29, 0.717) is 51.7 Å². The number of carbonyl (C=O) groups excluding carboxylic acids is 2. The maximum absolute atomic E-state index is 13.5. The molecular weight excluding hydrogens is 555 g/mol. The fraction of sp³-hybridized carbons (Fsp3) is 0.182. The van der Waals surface area contributed by atoms with Gasteiger partial charge in [0.15, 0.2) is 0 Å². The van der Waals surface area contributed by atoms with Crippen LogP contribution in [-0.4, -0.2) is 28.5 Å². The normalized spacial score (nSPS) is 16.0. The SMILES string of the molecule is Cc1ccccc1C(=O)NC(=O)c1cccc(C[C@H]2COc3ccc(OCc4nc5cc(F)ccc5s4)cc3[C@H]2O)c1. The molecule has 2 heterocycles. The minimum atomic E-state index is -0.817. The highest BCUT2D eigenvalue weighted by Gasteiger charge is 2.30. The summed E-state index contributed by atoms with van der Waals surface area (Å²) in [5.74, 6) is -0.397. The van der Waals surface area contributed by atoms with Gasteiger partial charge in [-0.15, -0.1) is 11.3 Å². The molecule has 5 aromatic rings. The molecule has 42 heavy (non-hydrogen) atoms. The summed E-state index contributed by atoms with van der Waals surface area (Å²) >= 11 is 1.44. The maximum Gasteiger partial charge on any atom is 0.258 e. The van der Waals surface area contributed by atoms with Crippen LogP contribution in [0.25, 0.3) is 10.2 Å². The summed E-state index contributed by atoms with van der Waals surface area (Å²) in [5, 5.41) is 14.4. The Balaban J connectivity index is 1.11. The van der Waals surface area contributed by atoms with Crippen molar-refractivity contribution in [3.05, 3.63) is 124 Å². The molecule has 2 atom stereocenters. The van der Waals surface area contributed by atoms with Gasteiger partial charge in [0.1, 0.15) is 28.9 Å². The lowest BCUT2D eigenvalue weighted by molar-refractivity contribution is 0.0504. The Bertz CT molecular complexity index is 1800. The zero-order valence-electron chi connectivity index (χ0n) is 22.7. The molecule has 2 amide bonds. The average Bonchev–Trinajstić information content (AvgIpc) is 3.40. The topological polar surface area (TPSA) is 97.8 Å². The molecule has 0 unspecified atom stereocenters. The van der Waals surface area contributed by atoms with Gasteiger partial charge in [-0.05, 0) is 73.0 Å². The van der Waals surface area contributed by atoms with Crippen LogP contribution in [0.3, 0.4) is 0 Å². The number of ether oxygens (including phenoxy) is 2. The molecule has 2 N–H and O–H groups in total. The molecule has 1 aliphatic heterocycles. The summed E-state index contributed by atoms with van der Waals surface area (Å²) in [7, 11) is 0. The quantitative estimate of drug-likeness (QED) is 0.223. The average molecular weight is 583 g/mol. The molecule has 0 fully saturated rings. The number of fused-ring (bicyclic) bond motifs is 2. The van der Waals surface area contributed by atoms with Crippen molar-refractivity contribution in [3.8, 4) is 11.5 Å². The Kier molecular flexibility index (Phi) is 7.69. The molecule has 0 saturated heterocycles. The van der Waals surface area contributed by atoms with Crippen molar-refractivity contribution in [2.24, 2.45) is 5.92 Å². The first-order valence-corrected chi connectivity index (χ1v) is 14.3. The van der Waals surface area contributed by atoms with Crippen molar-refractivity contribution in [1.29, 1.82) is 0 Å². The van der Waals surface area contributed by atoms with Crippen LogP contribution in [0.2, 0.25) is 0 Å². The van der Waals surface area contributed by atoms with Gasteiger partial charge in [-0.25, -0.2) is 9.37 Å². The molecule has 1 aromatic heterocycles. The monoisotopic (exact) mass is 582 g/mol. The zero-order chi connectivity index (χ0) is 29.2. The van der Waals surface area contributed by atoms with Crippen LogP contribution in [0, 0.1) is 18.7 Å². The molecule has 212 valence electrons. The minimum Gasteiger partial charge on any atom is -0.493 e. The van der Waals surface area contributed by atoms with Gasteiger partial charge in [0.2, 0.25) is 0 Å². The number of aromatic nitrogens is 1. The number of halogens is 1. The first-order chi connectivity index (χ1) is 20.3. The van der Waals surface area contributed by atoms with E-state index >= 15 is 0 Å². The second kappa shape index (κ2) is 11.7. The van der Waals surface area contributed by atoms with Crippen molar-refractivity contribution in [1.82, 2.24) is 10.3 Å². The number of benzene rings is 4. The molecule has 4 aromatic carbocycles. The van der Waals surface area contributed by atoms with E-state index in [9.17, 15) is 19.1 Å². The number of aliphatic hydroxyl groups is 1. The lowest BCUT2D eigenvalue weighted by Crippen LogP contribution is -2.31. The molecule has 0 aliphatic carbocycles. The number of rotatable bonds is 7. The Hall–Kier alpha value is -4.60. The third-order valence-electron chi connectivity index (χ3n) is 7.26. The Morgan fingerprint density at radius 3 is 2.76 bits per heavy atom. The number of imide groups is 1. The van der Waals surface area contributed by atoms with Crippen LogP contribution in [-0.2, 0) is 13.0 Å². The lowest BCUT2D eigenvalue weighted by Gasteiger charge is -2.30. The van der Waals surface area contributed by atoms with Crippen molar-refractivity contribution in [3.63, 3.8) is 0 Å². The number of aryl methyl sites for hydroxylation is 1. The number of hydrogen-bond acceptors (Lipinski definition) is 7. The van der Waals surface area contributed by atoms with Crippen LogP contribution >= 0.6 is 11.3 Å². The predicted octanol–water partition coefficient (Wildman–Crippen LogP) is 6.18. The number of aliphatic hydroxyl groups excluding tert-OH is 1. The highest BCUT2D eigenvalue weighted by Crippen LogP contribution is 2.39. The largest absolute Gasteiger partial charge is 0.493 e. The molecule has 0 saturated carbocycles. The van der Waals surface area contributed by atoms with E-state index in [2.05, 4.69) is 10.3 Å². The Morgan fingerprint density at radius 1 is 1.05 bits per heavy atom. The van der Waals surface area contributed by atoms with Gasteiger partial charge in [-0.1, -0.05) is 30.3 Å². The number of amides is 2. The molecular formula is C33H27FN2O5S. The van der Waals surface area contributed by atoms with Crippen LogP contribution in [0.4, 0.5) is 4.39 Å². The standard InChI is InChI=1S/C33H27FN2O5S/c1-19-5-2-3-8-25(19)33(39)36-32(38)21-7-4-6-20(13-21)14-22-17-41-28-11-10-24(16-26(28)31(22)37)40-18-30-35-27-15-23(34)9-12-29(27)42-30/h2-13,15-16,22,31,37H,14,17-18H2,1H3,(H,36,38,39)/t22-,31-/m0/s1. The first kappa shape index (κ1) is 27.6. The van der Waals surface area contributed by atoms with Crippen LogP contribution in [0.5, 0.6) is 11.5 Å². The first-order valence-electron chi connectivity index (χ1n) is 13.5. The number of hydrogen-bond donors (Lipinski definition) is 2. The fourth-order valence-electron chi connectivity index (χ4n) is 5.06. The Labute approximate surface area is 245 Å². The number of nitrogens with one attached hydrogen (secondary N) is 1. The van der Waals surface area contributed by atoms with E-state index in [1.165, 1.54) is 23.5 Å². The predicted molar refractivity (Wildman–Crippen MR) is 157 cm³/mol. The molecule has 6 rings (SSSR count). The van der Waals surface area contributed by atoms with E-state index in [4.69, 9.17) is 9.47 Å². The van der Waals surface area contributed by atoms with Crippen molar-refractivity contribution < 1.29 is 28.6 Å². The van der Waals surface area contributed by atoms with Gasteiger partial charge in [-0.2, -0.15) is 0 Å². The van der Waals surface area contributed by atoms with Crippen molar-refractivity contribution in [2.75, 3.05) is 6.61 Å². The molecule has 0 radical (unpaired) electrons. The van der Waals surface area contributed by atoms with Crippen LogP contribution in [0.1, 0.15) is 48.5 Å². The fourth-order valence-corrected chi connectivity index (χ4v) is 5.92. The van der Waals surface area contributed by atoms with Gasteiger partial charge < -0.3 is 14.6 Å². The summed E-state index contributed by atoms with van der Waals surface area (Å²) in [5.41, 5.74) is 3.63. The van der Waals surface area contributed by atoms with Gasteiger partial charge in [0.05, 0.1) is 22.9 Å². The van der Waals surface area contributed by atoms with Crippen LogP contribution in [0.15, 0.2) is 84.9 Å². The summed E-state index contributed by atoms with van der Waals surface area (Å²) in [6, 6.07) is 23.9. The number of carbonyl (C=O) groups is 2. The molecule has 9 heteroatoms. The van der Waals surface area contributed by atoms with Gasteiger partial charge in [-0.3, -0.25) is 14.9 Å². The van der Waals surface area contributed by atoms with E-state index in [1.54, 1.807) is 54.6 Å². The van der Waals surface area contributed by atoms with Crippen LogP contribution < -0.4 is 14.8 Å². The molecule has 7 nitrogen and oxygen atoms in total. The summed E-state index contributed by atoms with van der Waals surface area (Å²) in [6.45, 7) is 2.33. The highest BCUT2D eigenvalue weighted by molar-refractivity contribution is 7.18. The second-order valence-electron chi connectivity index (χ2n) is 10.2. The summed E-state index contributed by atoms with van der Waals surface area (Å²) in [4.78, 5) is 29.9. The van der Waals surface area contributed by atoms with E-state index in [1.807, 2.05) is 25.1 Å². The summed E-state index contributed by atoms with van der Waals surface area (Å²) < 4.78 is 26.3. The number of nitrogens with zero attached hydrogens (tertiary/aromatic N) is 1. The third-order valence-corrected chi connectivity index (χ3v) is 8.27. The summed E-state index contributed by atoms with van der Waals surface area (Å²) in [6.07, 6.45) is -0.358. The zero-order valence-corrected chi connectivity index (χ0v) is 23.5. The molecule has 0 bridgehead atoms. The minimum absolute atomic E-state index is 0.210. The third kappa shape index (κ3) is 5.88. The van der Waals surface area contributed by atoms with Gasteiger partial charge in [0, 0.05) is 28.7 Å². The van der Waals surface area contributed by atoms with Crippen molar-refractivity contribution in [2.45, 2.75) is 26.1 Å². The van der Waals surface area contributed by atoms with E-state index < -0.39 is 17.9 Å². The molecule has 1 aliphatic rings. The molecule has 0 spiro atoms. The lowest BCUT2D eigenvalue weighted by atomic mass is 9.87. The smallest absolute Gasteiger partial charge is 0.258 e. The number of thiazole rings is 1. The second-order valence-corrected chi connectivity index (χ2v) is 11.3. The Morgan fingerprint density at radius 2 is 1.90 bits per heavy atom. The van der Waals surface area contributed by atoms with Gasteiger partial charge in [0.25, 0.3) is 11.8 Å².